The number of anilines is 1. The van der Waals surface area contributed by atoms with Gasteiger partial charge in [-0.1, -0.05) is 24.3 Å². The maximum absolute atomic E-state index is 13.0. The van der Waals surface area contributed by atoms with Crippen LogP contribution < -0.4 is 21.5 Å². The first-order chi connectivity index (χ1) is 16.9. The van der Waals surface area contributed by atoms with E-state index in [4.69, 9.17) is 0 Å². The standard InChI is InChI=1S/C27H39N5O3/c1-4-32-24(16-25(33)29(3)27(32)35)31-13-7-10-23(19-31)26(34)28-17-21-11-14-30(15-12-21)18-22-9-6-5-8-20(22)2/h5-6,8-9,16,21,23H,4,7,10-15,17-19H2,1-3H3,(H,28,34)/t23-/m1/s1. The molecule has 0 saturated carbocycles. The molecule has 35 heavy (non-hydrogen) atoms. The van der Waals surface area contributed by atoms with Crippen molar-refractivity contribution >= 4 is 11.7 Å². The average Bonchev–Trinajstić information content (AvgIpc) is 2.88. The van der Waals surface area contributed by atoms with E-state index < -0.39 is 0 Å². The van der Waals surface area contributed by atoms with Crippen LogP contribution in [0.15, 0.2) is 39.9 Å². The van der Waals surface area contributed by atoms with E-state index in [9.17, 15) is 14.4 Å². The van der Waals surface area contributed by atoms with Gasteiger partial charge in [-0.25, -0.2) is 4.79 Å². The highest BCUT2D eigenvalue weighted by atomic mass is 16.2. The molecule has 8 heteroatoms. The van der Waals surface area contributed by atoms with Crippen molar-refractivity contribution in [3.63, 3.8) is 0 Å². The highest BCUT2D eigenvalue weighted by Gasteiger charge is 2.29. The Balaban J connectivity index is 1.28. The highest BCUT2D eigenvalue weighted by Crippen LogP contribution is 2.23. The maximum atomic E-state index is 13.0. The molecule has 1 aromatic heterocycles. The zero-order chi connectivity index (χ0) is 24.9. The summed E-state index contributed by atoms with van der Waals surface area (Å²) in [4.78, 5) is 42.3. The summed E-state index contributed by atoms with van der Waals surface area (Å²) in [5.74, 6) is 1.09. The van der Waals surface area contributed by atoms with Crippen molar-refractivity contribution in [2.45, 2.75) is 52.6 Å². The summed E-state index contributed by atoms with van der Waals surface area (Å²) in [6, 6.07) is 10.1. The first-order valence-corrected chi connectivity index (χ1v) is 13.0. The number of piperidine rings is 2. The number of rotatable bonds is 7. The van der Waals surface area contributed by atoms with Crippen LogP contribution in [0.3, 0.4) is 0 Å². The molecule has 8 nitrogen and oxygen atoms in total. The van der Waals surface area contributed by atoms with Crippen molar-refractivity contribution in [2.24, 2.45) is 18.9 Å². The first-order valence-electron chi connectivity index (χ1n) is 13.0. The molecule has 2 saturated heterocycles. The van der Waals surface area contributed by atoms with Crippen LogP contribution in [0.2, 0.25) is 0 Å². The molecule has 0 spiro atoms. The summed E-state index contributed by atoms with van der Waals surface area (Å²) in [5.41, 5.74) is 2.12. The van der Waals surface area contributed by atoms with Crippen molar-refractivity contribution in [2.75, 3.05) is 37.6 Å². The molecule has 4 rings (SSSR count). The normalized spacial score (nSPS) is 19.6. The van der Waals surface area contributed by atoms with E-state index in [2.05, 4.69) is 41.4 Å². The summed E-state index contributed by atoms with van der Waals surface area (Å²) in [6.07, 6.45) is 3.89. The third-order valence-electron chi connectivity index (χ3n) is 7.74. The lowest BCUT2D eigenvalue weighted by molar-refractivity contribution is -0.125. The van der Waals surface area contributed by atoms with Crippen LogP contribution in [-0.4, -0.2) is 52.7 Å². The minimum Gasteiger partial charge on any atom is -0.357 e. The van der Waals surface area contributed by atoms with Crippen LogP contribution >= 0.6 is 0 Å². The van der Waals surface area contributed by atoms with Gasteiger partial charge in [0.2, 0.25) is 5.91 Å². The van der Waals surface area contributed by atoms with Crippen molar-refractivity contribution in [3.05, 3.63) is 62.3 Å². The number of nitrogens with zero attached hydrogens (tertiary/aromatic N) is 4. The lowest BCUT2D eigenvalue weighted by Gasteiger charge is -2.35. The van der Waals surface area contributed by atoms with Crippen LogP contribution in [0.4, 0.5) is 5.82 Å². The second kappa shape index (κ2) is 11.2. The first kappa shape index (κ1) is 25.2. The van der Waals surface area contributed by atoms with E-state index in [1.807, 2.05) is 11.8 Å². The number of nitrogens with one attached hydrogen (secondary N) is 1. The molecule has 0 bridgehead atoms. The smallest absolute Gasteiger partial charge is 0.332 e. The monoisotopic (exact) mass is 481 g/mol. The van der Waals surface area contributed by atoms with Gasteiger partial charge in [0.1, 0.15) is 5.82 Å². The van der Waals surface area contributed by atoms with Crippen LogP contribution in [0.25, 0.3) is 0 Å². The number of hydrogen-bond donors (Lipinski definition) is 1. The minimum absolute atomic E-state index is 0.0891. The molecular formula is C27H39N5O3. The summed E-state index contributed by atoms with van der Waals surface area (Å²) in [7, 11) is 1.50. The molecule has 2 aliphatic heterocycles. The summed E-state index contributed by atoms with van der Waals surface area (Å²) >= 11 is 0. The number of likely N-dealkylation sites (tertiary alicyclic amines) is 1. The fourth-order valence-electron chi connectivity index (χ4n) is 5.38. The van der Waals surface area contributed by atoms with Crippen molar-refractivity contribution < 1.29 is 4.79 Å². The largest absolute Gasteiger partial charge is 0.357 e. The minimum atomic E-state index is -0.310. The molecule has 0 unspecified atom stereocenters. The Morgan fingerprint density at radius 2 is 1.83 bits per heavy atom. The molecule has 0 aliphatic carbocycles. The SMILES string of the molecule is CCn1c(N2CCC[C@@H](C(=O)NCC3CCN(Cc4ccccc4C)CC3)C2)cc(=O)n(C)c1=O. The Kier molecular flexibility index (Phi) is 8.11. The molecule has 1 amide bonds. The molecular weight excluding hydrogens is 442 g/mol. The highest BCUT2D eigenvalue weighted by molar-refractivity contribution is 5.79. The molecule has 0 radical (unpaired) electrons. The van der Waals surface area contributed by atoms with Gasteiger partial charge in [0.25, 0.3) is 5.56 Å². The molecule has 2 fully saturated rings. The third kappa shape index (κ3) is 5.86. The van der Waals surface area contributed by atoms with E-state index >= 15 is 0 Å². The lowest BCUT2D eigenvalue weighted by Crippen LogP contribution is -2.48. The van der Waals surface area contributed by atoms with Gasteiger partial charge in [-0.05, 0) is 69.7 Å². The summed E-state index contributed by atoms with van der Waals surface area (Å²) < 4.78 is 2.75. The number of carbonyl (C=O) groups is 1. The van der Waals surface area contributed by atoms with E-state index in [1.165, 1.54) is 24.2 Å². The lowest BCUT2D eigenvalue weighted by atomic mass is 9.94. The second-order valence-electron chi connectivity index (χ2n) is 10.1. The van der Waals surface area contributed by atoms with Gasteiger partial charge in [-0.2, -0.15) is 0 Å². The predicted octanol–water partition coefficient (Wildman–Crippen LogP) is 2.12. The Morgan fingerprint density at radius 1 is 1.09 bits per heavy atom. The zero-order valence-electron chi connectivity index (χ0n) is 21.3. The van der Waals surface area contributed by atoms with Gasteiger partial charge < -0.3 is 10.2 Å². The van der Waals surface area contributed by atoms with E-state index in [1.54, 1.807) is 4.57 Å². The van der Waals surface area contributed by atoms with Crippen LogP contribution in [0.5, 0.6) is 0 Å². The quantitative estimate of drug-likeness (QED) is 0.655. The Labute approximate surface area is 207 Å². The van der Waals surface area contributed by atoms with Gasteiger partial charge in [-0.15, -0.1) is 0 Å². The van der Waals surface area contributed by atoms with Crippen molar-refractivity contribution in [1.29, 1.82) is 0 Å². The molecule has 1 aromatic carbocycles. The fraction of sp³-hybridized carbons (Fsp3) is 0.593. The molecule has 1 atom stereocenters. The second-order valence-corrected chi connectivity index (χ2v) is 10.1. The zero-order valence-corrected chi connectivity index (χ0v) is 21.3. The molecule has 1 N–H and O–H groups in total. The predicted molar refractivity (Wildman–Crippen MR) is 139 cm³/mol. The maximum Gasteiger partial charge on any atom is 0.332 e. The van der Waals surface area contributed by atoms with Gasteiger partial charge in [-0.3, -0.25) is 23.6 Å². The van der Waals surface area contributed by atoms with Crippen LogP contribution in [-0.2, 0) is 24.9 Å². The Bertz CT molecular complexity index is 1150. The van der Waals surface area contributed by atoms with Gasteiger partial charge >= 0.3 is 5.69 Å². The van der Waals surface area contributed by atoms with Crippen molar-refractivity contribution in [3.8, 4) is 0 Å². The Morgan fingerprint density at radius 3 is 2.54 bits per heavy atom. The summed E-state index contributed by atoms with van der Waals surface area (Å²) in [5, 5.41) is 3.21. The Hall–Kier alpha value is -2.87. The fourth-order valence-corrected chi connectivity index (χ4v) is 5.38. The van der Waals surface area contributed by atoms with E-state index in [0.29, 0.717) is 24.8 Å². The van der Waals surface area contributed by atoms with Gasteiger partial charge in [0, 0.05) is 45.8 Å². The number of aromatic nitrogens is 2. The molecule has 190 valence electrons. The third-order valence-corrected chi connectivity index (χ3v) is 7.74. The number of amides is 1. The van der Waals surface area contributed by atoms with Crippen LogP contribution in [0.1, 0.15) is 43.7 Å². The average molecular weight is 482 g/mol. The molecule has 2 aromatic rings. The number of hydrogen-bond acceptors (Lipinski definition) is 5. The number of benzene rings is 1. The van der Waals surface area contributed by atoms with Crippen molar-refractivity contribution in [1.82, 2.24) is 19.4 Å². The van der Waals surface area contributed by atoms with E-state index in [-0.39, 0.29) is 23.1 Å². The molecule has 2 aliphatic rings. The number of aryl methyl sites for hydroxylation is 1. The topological polar surface area (TPSA) is 79.6 Å². The van der Waals surface area contributed by atoms with Gasteiger partial charge in [0.05, 0.1) is 5.92 Å². The summed E-state index contributed by atoms with van der Waals surface area (Å²) in [6.45, 7) is 9.67. The molecule has 3 heterocycles. The van der Waals surface area contributed by atoms with Gasteiger partial charge in [0.15, 0.2) is 0 Å². The van der Waals surface area contributed by atoms with E-state index in [0.717, 1.165) is 63.0 Å². The van der Waals surface area contributed by atoms with Crippen LogP contribution in [0, 0.1) is 18.8 Å². The number of carbonyl (C=O) groups excluding carboxylic acids is 1.